The Morgan fingerprint density at radius 1 is 1.08 bits per heavy atom. The first-order valence-corrected chi connectivity index (χ1v) is 13.2. The van der Waals surface area contributed by atoms with Crippen molar-refractivity contribution in [2.75, 3.05) is 0 Å². The predicted octanol–water partition coefficient (Wildman–Crippen LogP) is 7.20. The second kappa shape index (κ2) is 14.5. The highest BCUT2D eigenvalue weighted by Gasteiger charge is 2.40. The minimum Gasteiger partial charge on any atom is -0.412 e. The Kier molecular flexibility index (Phi) is 12.7. The van der Waals surface area contributed by atoms with Crippen LogP contribution in [0.4, 0.5) is 17.6 Å². The molecule has 0 radical (unpaired) electrons. The molecule has 216 valence electrons. The summed E-state index contributed by atoms with van der Waals surface area (Å²) >= 11 is 0. The van der Waals surface area contributed by atoms with Crippen LogP contribution in [0.5, 0.6) is 0 Å². The molecule has 39 heavy (non-hydrogen) atoms. The number of allylic oxidation sites excluding steroid dienone is 1. The Balaban J connectivity index is 0.00000145. The summed E-state index contributed by atoms with van der Waals surface area (Å²) < 4.78 is 53.8. The van der Waals surface area contributed by atoms with Crippen molar-refractivity contribution in [3.8, 4) is 11.3 Å². The normalized spacial score (nSPS) is 17.8. The molecule has 0 bridgehead atoms. The molecule has 0 spiro atoms. The molecular formula is C30H40F4N2O3. The summed E-state index contributed by atoms with van der Waals surface area (Å²) in [6.45, 7) is 13.6. The average Bonchev–Trinajstić information content (AvgIpc) is 3.34. The number of rotatable bonds is 5. The van der Waals surface area contributed by atoms with Gasteiger partial charge >= 0.3 is 6.18 Å². The van der Waals surface area contributed by atoms with Crippen LogP contribution in [0.1, 0.15) is 83.7 Å². The number of aliphatic hydroxyl groups is 2. The van der Waals surface area contributed by atoms with Crippen molar-refractivity contribution in [3.05, 3.63) is 75.9 Å². The van der Waals surface area contributed by atoms with Crippen molar-refractivity contribution in [1.82, 2.24) is 4.98 Å². The van der Waals surface area contributed by atoms with Gasteiger partial charge in [-0.05, 0) is 54.3 Å². The van der Waals surface area contributed by atoms with Crippen molar-refractivity contribution >= 4 is 5.71 Å². The fourth-order valence-corrected chi connectivity index (χ4v) is 4.35. The number of aliphatic hydroxyl groups excluding tert-OH is 2. The van der Waals surface area contributed by atoms with Crippen LogP contribution in [0, 0.1) is 18.7 Å². The van der Waals surface area contributed by atoms with Gasteiger partial charge in [0.1, 0.15) is 5.82 Å². The number of nitrogens with zero attached hydrogens (tertiary/aromatic N) is 2. The van der Waals surface area contributed by atoms with Gasteiger partial charge in [0.2, 0.25) is 0 Å². The molecular weight excluding hydrogens is 512 g/mol. The molecule has 2 heterocycles. The number of aromatic nitrogens is 1. The molecule has 0 fully saturated rings. The van der Waals surface area contributed by atoms with E-state index in [1.807, 2.05) is 41.5 Å². The lowest BCUT2D eigenvalue weighted by Crippen LogP contribution is -2.23. The van der Waals surface area contributed by atoms with Gasteiger partial charge in [-0.15, -0.1) is 0 Å². The Bertz CT molecular complexity index is 1200. The van der Waals surface area contributed by atoms with E-state index in [9.17, 15) is 27.8 Å². The number of benzene rings is 1. The second-order valence-electron chi connectivity index (χ2n) is 9.01. The zero-order valence-electron chi connectivity index (χ0n) is 23.6. The zero-order chi connectivity index (χ0) is 28.8. The Morgan fingerprint density at radius 3 is 2.28 bits per heavy atom. The van der Waals surface area contributed by atoms with Gasteiger partial charge in [0, 0.05) is 29.5 Å². The minimum absolute atomic E-state index is 0. The smallest absolute Gasteiger partial charge is 0.412 e. The lowest BCUT2D eigenvalue weighted by Gasteiger charge is -2.22. The third-order valence-corrected chi connectivity index (χ3v) is 6.47. The van der Waals surface area contributed by atoms with Crippen LogP contribution >= 0.6 is 0 Å². The molecule has 5 nitrogen and oxygen atoms in total. The molecule has 3 unspecified atom stereocenters. The molecule has 1 aliphatic carbocycles. The van der Waals surface area contributed by atoms with Crippen molar-refractivity contribution in [2.24, 2.45) is 10.9 Å². The molecule has 1 aromatic heterocycles. The lowest BCUT2D eigenvalue weighted by atomic mass is 9.89. The van der Waals surface area contributed by atoms with E-state index in [1.54, 1.807) is 25.1 Å². The van der Waals surface area contributed by atoms with Crippen molar-refractivity contribution in [2.45, 2.75) is 86.1 Å². The highest BCUT2D eigenvalue weighted by Crippen LogP contribution is 2.41. The minimum atomic E-state index is -4.55. The number of aryl methyl sites for hydroxylation is 1. The quantitative estimate of drug-likeness (QED) is 0.384. The molecule has 0 saturated carbocycles. The molecule has 2 aliphatic rings. The van der Waals surface area contributed by atoms with E-state index in [2.05, 4.69) is 9.98 Å². The number of hydrogen-bond acceptors (Lipinski definition) is 4. The van der Waals surface area contributed by atoms with Gasteiger partial charge in [-0.3, -0.25) is 4.99 Å². The average molecular weight is 553 g/mol. The molecule has 0 saturated heterocycles. The van der Waals surface area contributed by atoms with Crippen LogP contribution in [-0.2, 0) is 0 Å². The Labute approximate surface area is 228 Å². The summed E-state index contributed by atoms with van der Waals surface area (Å²) in [6.07, 6.45) is -5.45. The van der Waals surface area contributed by atoms with Gasteiger partial charge in [0.25, 0.3) is 0 Å². The molecule has 4 N–H and O–H groups in total. The predicted molar refractivity (Wildman–Crippen MR) is 148 cm³/mol. The first kappa shape index (κ1) is 34.1. The first-order chi connectivity index (χ1) is 18.0. The summed E-state index contributed by atoms with van der Waals surface area (Å²) in [7, 11) is 0. The first-order valence-electron chi connectivity index (χ1n) is 13.2. The molecule has 0 amide bonds. The van der Waals surface area contributed by atoms with Crippen LogP contribution in [-0.4, -0.2) is 38.7 Å². The molecule has 1 aliphatic heterocycles. The summed E-state index contributed by atoms with van der Waals surface area (Å²) in [4.78, 5) is 9.09. The van der Waals surface area contributed by atoms with Gasteiger partial charge in [-0.25, -0.2) is 9.37 Å². The van der Waals surface area contributed by atoms with Gasteiger partial charge in [-0.2, -0.15) is 13.2 Å². The largest absolute Gasteiger partial charge is 0.412 e. The maximum atomic E-state index is 14.0. The van der Waals surface area contributed by atoms with Crippen molar-refractivity contribution in [3.63, 3.8) is 0 Å². The van der Waals surface area contributed by atoms with Crippen LogP contribution in [0.3, 0.4) is 0 Å². The van der Waals surface area contributed by atoms with E-state index in [-0.39, 0.29) is 23.5 Å². The Hall–Kier alpha value is -2.88. The molecule has 2 aromatic rings. The summed E-state index contributed by atoms with van der Waals surface area (Å²) in [6, 6.07) is 7.93. The lowest BCUT2D eigenvalue weighted by molar-refractivity contribution is -0.0968. The molecule has 1 aromatic carbocycles. The van der Waals surface area contributed by atoms with E-state index in [4.69, 9.17) is 0 Å². The fraction of sp³-hybridized carbons (Fsp3) is 0.467. The van der Waals surface area contributed by atoms with Crippen molar-refractivity contribution < 1.29 is 33.3 Å². The van der Waals surface area contributed by atoms with Gasteiger partial charge in [-0.1, -0.05) is 54.0 Å². The van der Waals surface area contributed by atoms with E-state index in [0.717, 1.165) is 6.08 Å². The standard InChI is InChI=1S/C26H26F4N2O2.2C2H6.H2O/c1-4-14(3)25(34)18-5-6-20(15-7-13(2)8-17(27)9-15)32-24(18)22-12-19-21(31-22)10-16(11-23(19)33)26(28,29)30;2*1-2;/h5-10,14,23,25,33-34H,4,11-12H2,1-3H3;2*1-2H3;1H2. The van der Waals surface area contributed by atoms with Crippen LogP contribution in [0.2, 0.25) is 0 Å². The second-order valence-corrected chi connectivity index (χ2v) is 9.01. The maximum Gasteiger partial charge on any atom is 0.412 e. The molecule has 4 rings (SSSR count). The number of aliphatic imine (C=N–C) groups is 1. The Morgan fingerprint density at radius 2 is 1.72 bits per heavy atom. The number of pyridine rings is 1. The van der Waals surface area contributed by atoms with E-state index < -0.39 is 36.2 Å². The van der Waals surface area contributed by atoms with Crippen LogP contribution < -0.4 is 0 Å². The van der Waals surface area contributed by atoms with Gasteiger partial charge in [0.05, 0.1) is 35.0 Å². The van der Waals surface area contributed by atoms with Crippen LogP contribution in [0.25, 0.3) is 11.3 Å². The summed E-state index contributed by atoms with van der Waals surface area (Å²) in [5, 5.41) is 21.4. The third kappa shape index (κ3) is 7.84. The summed E-state index contributed by atoms with van der Waals surface area (Å²) in [5.41, 5.74) is 2.58. The number of hydrogen-bond donors (Lipinski definition) is 2. The van der Waals surface area contributed by atoms with Gasteiger partial charge in [0.15, 0.2) is 0 Å². The molecule has 9 heteroatoms. The van der Waals surface area contributed by atoms with E-state index in [1.165, 1.54) is 12.1 Å². The van der Waals surface area contributed by atoms with Gasteiger partial charge < -0.3 is 15.7 Å². The highest BCUT2D eigenvalue weighted by atomic mass is 19.4. The zero-order valence-corrected chi connectivity index (χ0v) is 23.6. The van der Waals surface area contributed by atoms with E-state index >= 15 is 0 Å². The summed E-state index contributed by atoms with van der Waals surface area (Å²) in [5.74, 6) is -0.514. The topological polar surface area (TPSA) is 97.2 Å². The number of alkyl halides is 3. The third-order valence-electron chi connectivity index (χ3n) is 6.47. The highest BCUT2D eigenvalue weighted by molar-refractivity contribution is 6.05. The van der Waals surface area contributed by atoms with Crippen molar-refractivity contribution in [1.29, 1.82) is 0 Å². The monoisotopic (exact) mass is 552 g/mol. The van der Waals surface area contributed by atoms with Crippen LogP contribution in [0.15, 0.2) is 58.2 Å². The number of halogens is 4. The van der Waals surface area contributed by atoms with E-state index in [0.29, 0.717) is 45.8 Å². The maximum absolute atomic E-state index is 14.0. The molecule has 3 atom stereocenters. The fourth-order valence-electron chi connectivity index (χ4n) is 4.35. The SMILES string of the molecule is CC.CC.CCC(C)C(O)c1ccc(-c2cc(C)cc(F)c2)nc1C1=NC2=C(C1)C(O)CC(C(F)(F)F)=C2.O.